The Morgan fingerprint density at radius 1 is 1.22 bits per heavy atom. The molecule has 0 atom stereocenters. The minimum atomic E-state index is -3.72. The number of anilines is 1. The van der Waals surface area contributed by atoms with Crippen LogP contribution in [-0.2, 0) is 10.0 Å². The van der Waals surface area contributed by atoms with Crippen molar-refractivity contribution in [3.8, 4) is 0 Å². The highest BCUT2D eigenvalue weighted by atomic mass is 35.5. The number of hydrogen-bond acceptors (Lipinski definition) is 4. The summed E-state index contributed by atoms with van der Waals surface area (Å²) in [5, 5.41) is -0.0479. The van der Waals surface area contributed by atoms with Gasteiger partial charge in [-0.2, -0.15) is 0 Å². The minimum absolute atomic E-state index is 0.0296. The van der Waals surface area contributed by atoms with Crippen molar-refractivity contribution < 1.29 is 8.42 Å². The number of nitrogens with zero attached hydrogens (tertiary/aromatic N) is 3. The molecule has 0 amide bonds. The van der Waals surface area contributed by atoms with Crippen LogP contribution in [0.1, 0.15) is 0 Å². The van der Waals surface area contributed by atoms with E-state index in [1.807, 2.05) is 0 Å². The summed E-state index contributed by atoms with van der Waals surface area (Å²) in [5.41, 5.74) is 0.456. The van der Waals surface area contributed by atoms with E-state index in [1.165, 1.54) is 31.6 Å². The zero-order valence-corrected chi connectivity index (χ0v) is 11.1. The van der Waals surface area contributed by atoms with Gasteiger partial charge in [-0.15, -0.1) is 0 Å². The fourth-order valence-corrected chi connectivity index (χ4v) is 3.00. The van der Waals surface area contributed by atoms with E-state index in [4.69, 9.17) is 11.6 Å². The minimum Gasteiger partial charge on any atom is -0.268 e. The van der Waals surface area contributed by atoms with E-state index in [1.54, 1.807) is 18.3 Å². The maximum atomic E-state index is 12.3. The molecule has 0 saturated carbocycles. The van der Waals surface area contributed by atoms with Crippen molar-refractivity contribution in [3.63, 3.8) is 0 Å². The summed E-state index contributed by atoms with van der Waals surface area (Å²) in [5.74, 6) is 0. The molecule has 94 valence electrons. The Hall–Kier alpha value is -1.66. The first-order valence-electron chi connectivity index (χ1n) is 5.03. The summed E-state index contributed by atoms with van der Waals surface area (Å²) in [6.45, 7) is 0. The second-order valence-corrected chi connectivity index (χ2v) is 5.77. The predicted octanol–water partition coefficient (Wildman–Crippen LogP) is 1.96. The van der Waals surface area contributed by atoms with Crippen molar-refractivity contribution in [2.24, 2.45) is 0 Å². The molecule has 18 heavy (non-hydrogen) atoms. The van der Waals surface area contributed by atoms with Crippen LogP contribution in [0, 0.1) is 0 Å². The van der Waals surface area contributed by atoms with Crippen molar-refractivity contribution in [2.45, 2.75) is 4.90 Å². The third-order valence-corrected chi connectivity index (χ3v) is 4.60. The lowest BCUT2D eigenvalue weighted by Crippen LogP contribution is -2.27. The lowest BCUT2D eigenvalue weighted by atomic mass is 10.4. The Kier molecular flexibility index (Phi) is 3.49. The molecule has 2 aromatic rings. The molecule has 2 heterocycles. The lowest BCUT2D eigenvalue weighted by molar-refractivity contribution is 0.594. The van der Waals surface area contributed by atoms with E-state index >= 15 is 0 Å². The van der Waals surface area contributed by atoms with E-state index in [0.717, 1.165) is 4.31 Å². The highest BCUT2D eigenvalue weighted by molar-refractivity contribution is 7.92. The summed E-state index contributed by atoms with van der Waals surface area (Å²) >= 11 is 5.81. The largest absolute Gasteiger partial charge is 0.268 e. The second kappa shape index (κ2) is 4.91. The molecule has 0 saturated heterocycles. The van der Waals surface area contributed by atoms with Gasteiger partial charge in [0.2, 0.25) is 0 Å². The fraction of sp³-hybridized carbons (Fsp3) is 0.0909. The highest BCUT2D eigenvalue weighted by Crippen LogP contribution is 2.24. The van der Waals surface area contributed by atoms with Gasteiger partial charge in [-0.25, -0.2) is 13.4 Å². The van der Waals surface area contributed by atoms with Crippen LogP contribution in [0.4, 0.5) is 5.69 Å². The summed E-state index contributed by atoms with van der Waals surface area (Å²) in [6.07, 6.45) is 4.47. The van der Waals surface area contributed by atoms with Crippen LogP contribution in [0.2, 0.25) is 5.15 Å². The first-order valence-corrected chi connectivity index (χ1v) is 6.85. The molecule has 0 radical (unpaired) electrons. The topological polar surface area (TPSA) is 63.2 Å². The van der Waals surface area contributed by atoms with Gasteiger partial charge in [-0.05, 0) is 24.3 Å². The zero-order valence-electron chi connectivity index (χ0n) is 9.49. The highest BCUT2D eigenvalue weighted by Gasteiger charge is 2.24. The third-order valence-electron chi connectivity index (χ3n) is 2.37. The smallest absolute Gasteiger partial charge is 0.267 e. The maximum absolute atomic E-state index is 12.3. The third kappa shape index (κ3) is 2.30. The van der Waals surface area contributed by atoms with Crippen LogP contribution < -0.4 is 4.31 Å². The SMILES string of the molecule is CN(c1cccnc1)S(=O)(=O)c1cccnc1Cl. The van der Waals surface area contributed by atoms with Gasteiger partial charge < -0.3 is 0 Å². The quantitative estimate of drug-likeness (QED) is 0.808. The van der Waals surface area contributed by atoms with Crippen LogP contribution >= 0.6 is 11.6 Å². The van der Waals surface area contributed by atoms with E-state index < -0.39 is 10.0 Å². The molecular weight excluding hydrogens is 274 g/mol. The van der Waals surface area contributed by atoms with Crippen LogP contribution in [-0.4, -0.2) is 25.4 Å². The Morgan fingerprint density at radius 3 is 2.56 bits per heavy atom. The molecule has 0 bridgehead atoms. The van der Waals surface area contributed by atoms with E-state index in [9.17, 15) is 8.42 Å². The molecule has 0 aliphatic heterocycles. The maximum Gasteiger partial charge on any atom is 0.267 e. The molecule has 0 aliphatic carbocycles. The summed E-state index contributed by atoms with van der Waals surface area (Å²) in [4.78, 5) is 7.62. The van der Waals surface area contributed by atoms with Gasteiger partial charge >= 0.3 is 0 Å². The molecule has 0 aromatic carbocycles. The molecule has 0 unspecified atom stereocenters. The molecule has 2 rings (SSSR count). The molecule has 0 spiro atoms. The van der Waals surface area contributed by atoms with Crippen molar-refractivity contribution in [3.05, 3.63) is 48.0 Å². The Balaban J connectivity index is 2.48. The van der Waals surface area contributed by atoms with Gasteiger partial charge in [0.15, 0.2) is 0 Å². The molecule has 0 aliphatic rings. The van der Waals surface area contributed by atoms with Crippen molar-refractivity contribution >= 4 is 27.3 Å². The van der Waals surface area contributed by atoms with Crippen LogP contribution in [0.5, 0.6) is 0 Å². The second-order valence-electron chi connectivity index (χ2n) is 3.48. The Labute approximate surface area is 110 Å². The number of rotatable bonds is 3. The first kappa shape index (κ1) is 12.8. The van der Waals surface area contributed by atoms with Gasteiger partial charge in [-0.1, -0.05) is 11.6 Å². The average molecular weight is 284 g/mol. The molecule has 2 aromatic heterocycles. The summed E-state index contributed by atoms with van der Waals surface area (Å²) in [6, 6.07) is 6.24. The Morgan fingerprint density at radius 2 is 1.94 bits per heavy atom. The van der Waals surface area contributed by atoms with Gasteiger partial charge in [0.05, 0.1) is 11.9 Å². The number of pyridine rings is 2. The van der Waals surface area contributed by atoms with E-state index in [2.05, 4.69) is 9.97 Å². The van der Waals surface area contributed by atoms with Gasteiger partial charge in [0.1, 0.15) is 10.0 Å². The standard InChI is InChI=1S/C11H10ClN3O2S/c1-15(9-4-2-6-13-8-9)18(16,17)10-5-3-7-14-11(10)12/h2-8H,1H3. The van der Waals surface area contributed by atoms with Crippen molar-refractivity contribution in [1.29, 1.82) is 0 Å². The van der Waals surface area contributed by atoms with Crippen LogP contribution in [0.3, 0.4) is 0 Å². The molecule has 5 nitrogen and oxygen atoms in total. The summed E-state index contributed by atoms with van der Waals surface area (Å²) in [7, 11) is -2.28. The molecule has 0 N–H and O–H groups in total. The number of sulfonamides is 1. The van der Waals surface area contributed by atoms with Crippen molar-refractivity contribution in [2.75, 3.05) is 11.4 Å². The number of halogens is 1. The van der Waals surface area contributed by atoms with Crippen molar-refractivity contribution in [1.82, 2.24) is 9.97 Å². The summed E-state index contributed by atoms with van der Waals surface area (Å²) < 4.78 is 25.8. The Bertz CT molecular complexity index is 646. The molecule has 0 fully saturated rings. The predicted molar refractivity (Wildman–Crippen MR) is 69.1 cm³/mol. The zero-order chi connectivity index (χ0) is 13.2. The molecular formula is C11H10ClN3O2S. The average Bonchev–Trinajstić information content (AvgIpc) is 2.39. The molecule has 7 heteroatoms. The van der Waals surface area contributed by atoms with E-state index in [-0.39, 0.29) is 10.0 Å². The van der Waals surface area contributed by atoms with Crippen LogP contribution in [0.25, 0.3) is 0 Å². The van der Waals surface area contributed by atoms with Gasteiger partial charge in [0.25, 0.3) is 10.0 Å². The normalized spacial score (nSPS) is 11.2. The van der Waals surface area contributed by atoms with E-state index in [0.29, 0.717) is 5.69 Å². The lowest BCUT2D eigenvalue weighted by Gasteiger charge is -2.19. The van der Waals surface area contributed by atoms with Crippen LogP contribution in [0.15, 0.2) is 47.8 Å². The fourth-order valence-electron chi connectivity index (χ4n) is 1.39. The number of aromatic nitrogens is 2. The number of hydrogen-bond donors (Lipinski definition) is 0. The monoisotopic (exact) mass is 283 g/mol. The van der Waals surface area contributed by atoms with Gasteiger partial charge in [-0.3, -0.25) is 9.29 Å². The first-order chi connectivity index (χ1) is 8.53. The van der Waals surface area contributed by atoms with Gasteiger partial charge in [0, 0.05) is 19.4 Å².